The van der Waals surface area contributed by atoms with Crippen molar-refractivity contribution in [2.75, 3.05) is 13.7 Å². The van der Waals surface area contributed by atoms with Crippen molar-refractivity contribution in [1.29, 1.82) is 0 Å². The summed E-state index contributed by atoms with van der Waals surface area (Å²) >= 11 is 0. The van der Waals surface area contributed by atoms with E-state index in [0.29, 0.717) is 0 Å². The fraction of sp³-hybridized carbons (Fsp3) is 0.556. The molecule has 0 heterocycles. The highest BCUT2D eigenvalue weighted by molar-refractivity contribution is 5.58. The third kappa shape index (κ3) is 6.67. The Morgan fingerprint density at radius 1 is 1.24 bits per heavy atom. The molecule has 1 aromatic carbocycles. The Morgan fingerprint density at radius 3 is 2.43 bits per heavy atom. The number of rotatable bonds is 6. The van der Waals surface area contributed by atoms with Crippen LogP contribution in [0, 0.1) is 0 Å². The summed E-state index contributed by atoms with van der Waals surface area (Å²) in [5.74, 6) is 1.56. The Bertz CT molecular complexity index is 484. The topological polar surface area (TPSA) is 30.5 Å². The normalized spacial score (nSPS) is 12.7. The fourth-order valence-electron chi connectivity index (χ4n) is 1.87. The van der Waals surface area contributed by atoms with Gasteiger partial charge in [0.15, 0.2) is 11.5 Å². The molecule has 3 nitrogen and oxygen atoms in total. The lowest BCUT2D eigenvalue weighted by molar-refractivity contribution is 0.230. The highest BCUT2D eigenvalue weighted by Gasteiger charge is 2.09. The average Bonchev–Trinajstić information content (AvgIpc) is 2.37. The van der Waals surface area contributed by atoms with Crippen LogP contribution < -0.4 is 14.8 Å². The zero-order chi connectivity index (χ0) is 16.0. The molecule has 0 fully saturated rings. The van der Waals surface area contributed by atoms with Crippen molar-refractivity contribution in [3.63, 3.8) is 0 Å². The Labute approximate surface area is 129 Å². The molecule has 0 unspecified atom stereocenters. The van der Waals surface area contributed by atoms with Gasteiger partial charge >= 0.3 is 0 Å². The van der Waals surface area contributed by atoms with E-state index in [-0.39, 0.29) is 11.6 Å². The van der Waals surface area contributed by atoms with E-state index in [2.05, 4.69) is 45.2 Å². The van der Waals surface area contributed by atoms with Gasteiger partial charge in [-0.25, -0.2) is 0 Å². The SMILES string of the molecule is COc1cc(C=C(C)CNC(C)(C)C)ccc1OC(C)C. The van der Waals surface area contributed by atoms with Gasteiger partial charge in [0.05, 0.1) is 13.2 Å². The number of hydrogen-bond donors (Lipinski definition) is 1. The largest absolute Gasteiger partial charge is 0.493 e. The van der Waals surface area contributed by atoms with Crippen LogP contribution in [0.2, 0.25) is 0 Å². The van der Waals surface area contributed by atoms with Crippen LogP contribution in [0.3, 0.4) is 0 Å². The lowest BCUT2D eigenvalue weighted by Gasteiger charge is -2.20. The highest BCUT2D eigenvalue weighted by Crippen LogP contribution is 2.29. The van der Waals surface area contributed by atoms with Gasteiger partial charge in [0.1, 0.15) is 0 Å². The van der Waals surface area contributed by atoms with Crippen LogP contribution in [0.4, 0.5) is 0 Å². The van der Waals surface area contributed by atoms with Crippen molar-refractivity contribution < 1.29 is 9.47 Å². The van der Waals surface area contributed by atoms with Crippen LogP contribution in [0.25, 0.3) is 6.08 Å². The molecule has 0 aromatic heterocycles. The minimum absolute atomic E-state index is 0.127. The lowest BCUT2D eigenvalue weighted by atomic mass is 10.1. The van der Waals surface area contributed by atoms with Crippen LogP contribution in [-0.2, 0) is 0 Å². The van der Waals surface area contributed by atoms with Gasteiger partial charge in [0, 0.05) is 12.1 Å². The maximum Gasteiger partial charge on any atom is 0.161 e. The van der Waals surface area contributed by atoms with E-state index in [1.807, 2.05) is 26.0 Å². The van der Waals surface area contributed by atoms with Crippen molar-refractivity contribution >= 4 is 6.08 Å². The first kappa shape index (κ1) is 17.6. The van der Waals surface area contributed by atoms with Gasteiger partial charge in [0.25, 0.3) is 0 Å². The van der Waals surface area contributed by atoms with Crippen molar-refractivity contribution in [2.24, 2.45) is 0 Å². The number of methoxy groups -OCH3 is 1. The summed E-state index contributed by atoms with van der Waals surface area (Å²) in [7, 11) is 1.67. The average molecular weight is 291 g/mol. The molecule has 0 saturated heterocycles. The molecular weight excluding hydrogens is 262 g/mol. The van der Waals surface area contributed by atoms with E-state index in [1.165, 1.54) is 5.57 Å². The molecule has 1 rings (SSSR count). The van der Waals surface area contributed by atoms with Crippen LogP contribution >= 0.6 is 0 Å². The molecule has 1 N–H and O–H groups in total. The van der Waals surface area contributed by atoms with E-state index in [9.17, 15) is 0 Å². The van der Waals surface area contributed by atoms with Gasteiger partial charge < -0.3 is 14.8 Å². The molecule has 3 heteroatoms. The van der Waals surface area contributed by atoms with Gasteiger partial charge in [-0.05, 0) is 59.2 Å². The van der Waals surface area contributed by atoms with E-state index in [4.69, 9.17) is 9.47 Å². The predicted octanol–water partition coefficient (Wildman–Crippen LogP) is 4.27. The Balaban J connectivity index is 2.84. The number of hydrogen-bond acceptors (Lipinski definition) is 3. The van der Waals surface area contributed by atoms with E-state index < -0.39 is 0 Å². The summed E-state index contributed by atoms with van der Waals surface area (Å²) in [4.78, 5) is 0. The standard InChI is InChI=1S/C18H29NO2/c1-13(2)21-16-9-8-15(11-17(16)20-7)10-14(3)12-19-18(4,5)6/h8-11,13,19H,12H2,1-7H3. The summed E-state index contributed by atoms with van der Waals surface area (Å²) in [6.45, 7) is 13.5. The number of nitrogens with one attached hydrogen (secondary N) is 1. The van der Waals surface area contributed by atoms with Gasteiger partial charge in [0.2, 0.25) is 0 Å². The fourth-order valence-corrected chi connectivity index (χ4v) is 1.87. The second-order valence-electron chi connectivity index (χ2n) is 6.67. The third-order valence-electron chi connectivity index (χ3n) is 2.86. The molecule has 0 saturated carbocycles. The first-order valence-electron chi connectivity index (χ1n) is 7.48. The number of benzene rings is 1. The molecule has 1 aromatic rings. The van der Waals surface area contributed by atoms with Gasteiger partial charge in [-0.15, -0.1) is 0 Å². The lowest BCUT2D eigenvalue weighted by Crippen LogP contribution is -2.36. The monoisotopic (exact) mass is 291 g/mol. The van der Waals surface area contributed by atoms with Crippen LogP contribution in [0.1, 0.15) is 47.1 Å². The molecule has 0 atom stereocenters. The molecule has 0 aliphatic heterocycles. The van der Waals surface area contributed by atoms with Crippen LogP contribution in [0.5, 0.6) is 11.5 Å². The second-order valence-corrected chi connectivity index (χ2v) is 6.67. The molecule has 118 valence electrons. The van der Waals surface area contributed by atoms with Gasteiger partial charge in [-0.3, -0.25) is 0 Å². The highest BCUT2D eigenvalue weighted by atomic mass is 16.5. The summed E-state index contributed by atoms with van der Waals surface area (Å²) in [6.07, 6.45) is 2.30. The van der Waals surface area contributed by atoms with Gasteiger partial charge in [-0.1, -0.05) is 17.7 Å². The minimum atomic E-state index is 0.127. The summed E-state index contributed by atoms with van der Waals surface area (Å²) in [6, 6.07) is 6.04. The van der Waals surface area contributed by atoms with E-state index in [0.717, 1.165) is 23.6 Å². The summed E-state index contributed by atoms with van der Waals surface area (Å²) < 4.78 is 11.1. The van der Waals surface area contributed by atoms with Crippen molar-refractivity contribution in [2.45, 2.75) is 53.2 Å². The summed E-state index contributed by atoms with van der Waals surface area (Å²) in [5.41, 5.74) is 2.53. The second kappa shape index (κ2) is 7.51. The molecule has 0 aliphatic rings. The zero-order valence-electron chi connectivity index (χ0n) is 14.4. The quantitative estimate of drug-likeness (QED) is 0.849. The predicted molar refractivity (Wildman–Crippen MR) is 90.2 cm³/mol. The Morgan fingerprint density at radius 2 is 1.90 bits per heavy atom. The van der Waals surface area contributed by atoms with Crippen molar-refractivity contribution in [3.8, 4) is 11.5 Å². The third-order valence-corrected chi connectivity index (χ3v) is 2.86. The van der Waals surface area contributed by atoms with E-state index >= 15 is 0 Å². The van der Waals surface area contributed by atoms with Crippen LogP contribution in [0.15, 0.2) is 23.8 Å². The molecule has 0 bridgehead atoms. The smallest absolute Gasteiger partial charge is 0.161 e. The van der Waals surface area contributed by atoms with E-state index in [1.54, 1.807) is 7.11 Å². The molecule has 0 amide bonds. The molecule has 0 radical (unpaired) electrons. The van der Waals surface area contributed by atoms with Crippen molar-refractivity contribution in [1.82, 2.24) is 5.32 Å². The van der Waals surface area contributed by atoms with Gasteiger partial charge in [-0.2, -0.15) is 0 Å². The molecule has 21 heavy (non-hydrogen) atoms. The molecular formula is C18H29NO2. The minimum Gasteiger partial charge on any atom is -0.493 e. The van der Waals surface area contributed by atoms with Crippen LogP contribution in [-0.4, -0.2) is 25.3 Å². The number of ether oxygens (including phenoxy) is 2. The maximum absolute atomic E-state index is 5.73. The first-order valence-corrected chi connectivity index (χ1v) is 7.48. The molecule has 0 spiro atoms. The zero-order valence-corrected chi connectivity index (χ0v) is 14.4. The summed E-state index contributed by atoms with van der Waals surface area (Å²) in [5, 5.41) is 3.48. The molecule has 0 aliphatic carbocycles. The first-order chi connectivity index (χ1) is 9.71. The maximum atomic E-state index is 5.73. The van der Waals surface area contributed by atoms with Crippen molar-refractivity contribution in [3.05, 3.63) is 29.3 Å². The Kier molecular flexibility index (Phi) is 6.28. The Hall–Kier alpha value is -1.48.